The second kappa shape index (κ2) is 21.1. The zero-order valence-electron chi connectivity index (χ0n) is 19.3. The predicted molar refractivity (Wildman–Crippen MR) is 125 cm³/mol. The van der Waals surface area contributed by atoms with E-state index < -0.39 is 10.1 Å². The van der Waals surface area contributed by atoms with Gasteiger partial charge in [-0.25, -0.2) is 0 Å². The van der Waals surface area contributed by atoms with Gasteiger partial charge in [-0.3, -0.25) is 4.55 Å². The first kappa shape index (κ1) is 28.9. The smallest absolute Gasteiger partial charge is 0.264 e. The summed E-state index contributed by atoms with van der Waals surface area (Å²) < 4.78 is 29.9. The van der Waals surface area contributed by atoms with E-state index in [-0.39, 0.29) is 11.9 Å². The molecule has 29 heavy (non-hydrogen) atoms. The van der Waals surface area contributed by atoms with Gasteiger partial charge in [0.15, 0.2) is 0 Å². The van der Waals surface area contributed by atoms with E-state index in [1.54, 1.807) is 0 Å². The summed E-state index contributed by atoms with van der Waals surface area (Å²) in [5.74, 6) is -0.103. The van der Waals surface area contributed by atoms with Crippen molar-refractivity contribution in [3.8, 4) is 0 Å². The second-order valence-corrected chi connectivity index (χ2v) is 10.5. The summed E-state index contributed by atoms with van der Waals surface area (Å²) in [5.41, 5.74) is 0. The molecule has 0 aromatic heterocycles. The molecule has 1 unspecified atom stereocenters. The third kappa shape index (κ3) is 25.8. The topological polar surface area (TPSA) is 74.6 Å². The van der Waals surface area contributed by atoms with Gasteiger partial charge in [-0.2, -0.15) is 8.42 Å². The van der Waals surface area contributed by atoms with Crippen LogP contribution in [0, 0.1) is 0 Å². The number of aliphatic hydroxyl groups excluding tert-OH is 1. The van der Waals surface area contributed by atoms with Crippen LogP contribution in [0.25, 0.3) is 0 Å². The van der Waals surface area contributed by atoms with Crippen molar-refractivity contribution in [3.05, 3.63) is 0 Å². The lowest BCUT2D eigenvalue weighted by atomic mass is 10.0. The molecule has 0 aliphatic heterocycles. The quantitative estimate of drug-likeness (QED) is 0.129. The molecule has 0 radical (unpaired) electrons. The van der Waals surface area contributed by atoms with Crippen molar-refractivity contribution in [1.29, 1.82) is 0 Å². The number of hydrogen-bond donors (Lipinski definition) is 2. The fourth-order valence-electron chi connectivity index (χ4n) is 3.91. The third-order valence-electron chi connectivity index (χ3n) is 5.83. The highest BCUT2D eigenvalue weighted by atomic mass is 32.2. The molecule has 0 heterocycles. The van der Waals surface area contributed by atoms with Crippen molar-refractivity contribution < 1.29 is 18.1 Å². The summed E-state index contributed by atoms with van der Waals surface area (Å²) in [6.45, 7) is 2.26. The third-order valence-corrected chi connectivity index (χ3v) is 6.64. The van der Waals surface area contributed by atoms with Crippen LogP contribution in [0.4, 0.5) is 0 Å². The average molecular weight is 435 g/mol. The van der Waals surface area contributed by atoms with Gasteiger partial charge in [0.05, 0.1) is 11.9 Å². The summed E-state index contributed by atoms with van der Waals surface area (Å²) in [6, 6.07) is 0. The predicted octanol–water partition coefficient (Wildman–Crippen LogP) is 7.45. The van der Waals surface area contributed by atoms with Crippen molar-refractivity contribution in [2.75, 3.05) is 5.75 Å². The fourth-order valence-corrected chi connectivity index (χ4v) is 4.48. The summed E-state index contributed by atoms with van der Waals surface area (Å²) in [7, 11) is -3.77. The Morgan fingerprint density at radius 2 is 0.862 bits per heavy atom. The Balaban J connectivity index is 3.19. The van der Waals surface area contributed by atoms with Crippen LogP contribution in [-0.2, 0) is 10.1 Å². The van der Waals surface area contributed by atoms with Gasteiger partial charge in [-0.15, -0.1) is 0 Å². The molecular weight excluding hydrogens is 384 g/mol. The highest BCUT2D eigenvalue weighted by Crippen LogP contribution is 2.15. The maximum Gasteiger partial charge on any atom is 0.264 e. The molecule has 0 saturated carbocycles. The summed E-state index contributed by atoms with van der Waals surface area (Å²) in [4.78, 5) is 0. The molecular formula is C24H50O4S. The summed E-state index contributed by atoms with van der Waals surface area (Å²) in [5, 5.41) is 10.1. The maximum absolute atomic E-state index is 10.6. The molecule has 2 N–H and O–H groups in total. The number of rotatable bonds is 23. The molecule has 0 aromatic carbocycles. The molecule has 0 spiro atoms. The lowest BCUT2D eigenvalue weighted by Crippen LogP contribution is -2.05. The minimum atomic E-state index is -3.77. The highest BCUT2D eigenvalue weighted by Gasteiger charge is 2.04. The van der Waals surface area contributed by atoms with Crippen LogP contribution >= 0.6 is 0 Å². The zero-order valence-corrected chi connectivity index (χ0v) is 20.1. The molecule has 4 nitrogen and oxygen atoms in total. The summed E-state index contributed by atoms with van der Waals surface area (Å²) in [6.07, 6.45) is 24.9. The van der Waals surface area contributed by atoms with Crippen molar-refractivity contribution in [1.82, 2.24) is 0 Å². The van der Waals surface area contributed by atoms with Gasteiger partial charge in [0, 0.05) is 0 Å². The van der Waals surface area contributed by atoms with E-state index in [9.17, 15) is 13.5 Å². The molecule has 0 saturated heterocycles. The molecule has 0 amide bonds. The monoisotopic (exact) mass is 434 g/mol. The molecule has 0 bridgehead atoms. The lowest BCUT2D eigenvalue weighted by Gasteiger charge is -2.10. The van der Waals surface area contributed by atoms with E-state index in [2.05, 4.69) is 6.92 Å². The Hall–Kier alpha value is -0.130. The first-order valence-corrected chi connectivity index (χ1v) is 14.2. The van der Waals surface area contributed by atoms with Crippen LogP contribution in [0.5, 0.6) is 0 Å². The molecule has 0 fully saturated rings. The minimum absolute atomic E-state index is 0.103. The van der Waals surface area contributed by atoms with E-state index in [0.29, 0.717) is 6.42 Å². The van der Waals surface area contributed by atoms with Crippen LogP contribution in [0.2, 0.25) is 0 Å². The van der Waals surface area contributed by atoms with E-state index in [1.165, 1.54) is 89.9 Å². The largest absolute Gasteiger partial charge is 0.393 e. The summed E-state index contributed by atoms with van der Waals surface area (Å²) >= 11 is 0. The molecule has 0 aromatic rings. The SMILES string of the molecule is CCCCCCCCCCCCC(O)CCCCCCCCCCCS(=O)(=O)O. The first-order valence-electron chi connectivity index (χ1n) is 12.6. The molecule has 0 aliphatic carbocycles. The van der Waals surface area contributed by atoms with E-state index in [1.807, 2.05) is 0 Å². The normalized spacial score (nSPS) is 13.1. The van der Waals surface area contributed by atoms with Crippen molar-refractivity contribution in [2.45, 2.75) is 148 Å². The molecule has 176 valence electrons. The zero-order chi connectivity index (χ0) is 21.6. The average Bonchev–Trinajstić information content (AvgIpc) is 2.66. The van der Waals surface area contributed by atoms with Gasteiger partial charge >= 0.3 is 0 Å². The van der Waals surface area contributed by atoms with Crippen LogP contribution < -0.4 is 0 Å². The van der Waals surface area contributed by atoms with Gasteiger partial charge < -0.3 is 5.11 Å². The van der Waals surface area contributed by atoms with Crippen LogP contribution in [0.3, 0.4) is 0 Å². The number of unbranched alkanes of at least 4 members (excludes halogenated alkanes) is 17. The first-order chi connectivity index (χ1) is 14.0. The van der Waals surface area contributed by atoms with Gasteiger partial charge in [0.25, 0.3) is 10.1 Å². The molecule has 0 rings (SSSR count). The Morgan fingerprint density at radius 3 is 1.21 bits per heavy atom. The second-order valence-electron chi connectivity index (χ2n) is 8.88. The van der Waals surface area contributed by atoms with E-state index in [4.69, 9.17) is 4.55 Å². The Labute approximate surface area is 182 Å². The number of hydrogen-bond acceptors (Lipinski definition) is 3. The van der Waals surface area contributed by atoms with Gasteiger partial charge in [-0.1, -0.05) is 122 Å². The maximum atomic E-state index is 10.6. The lowest BCUT2D eigenvalue weighted by molar-refractivity contribution is 0.147. The van der Waals surface area contributed by atoms with Crippen LogP contribution in [0.1, 0.15) is 142 Å². The molecule has 5 heteroatoms. The van der Waals surface area contributed by atoms with Crippen molar-refractivity contribution >= 4 is 10.1 Å². The van der Waals surface area contributed by atoms with Gasteiger partial charge in [0.2, 0.25) is 0 Å². The number of aliphatic hydroxyl groups is 1. The van der Waals surface area contributed by atoms with Gasteiger partial charge in [0.1, 0.15) is 0 Å². The van der Waals surface area contributed by atoms with E-state index >= 15 is 0 Å². The molecule has 0 aliphatic rings. The van der Waals surface area contributed by atoms with Crippen molar-refractivity contribution in [3.63, 3.8) is 0 Å². The Bertz CT molecular complexity index is 423. The van der Waals surface area contributed by atoms with Gasteiger partial charge in [-0.05, 0) is 19.3 Å². The van der Waals surface area contributed by atoms with E-state index in [0.717, 1.165) is 38.5 Å². The highest BCUT2D eigenvalue weighted by molar-refractivity contribution is 7.85. The molecule has 1 atom stereocenters. The van der Waals surface area contributed by atoms with Crippen molar-refractivity contribution in [2.24, 2.45) is 0 Å². The minimum Gasteiger partial charge on any atom is -0.393 e. The Kier molecular flexibility index (Phi) is 21.0. The van der Waals surface area contributed by atoms with Crippen LogP contribution in [0.15, 0.2) is 0 Å². The van der Waals surface area contributed by atoms with Crippen LogP contribution in [-0.4, -0.2) is 29.9 Å². The standard InChI is InChI=1S/C24H50O4S/c1-2-3-4-5-6-7-9-12-15-18-21-24(25)22-19-16-13-10-8-11-14-17-20-23-29(26,27)28/h24-25H,2-23H2,1H3,(H,26,27,28). The Morgan fingerprint density at radius 1 is 0.552 bits per heavy atom. The fraction of sp³-hybridized carbons (Fsp3) is 1.00.